The number of fused-ring (bicyclic) bond motifs is 3. The van der Waals surface area contributed by atoms with Gasteiger partial charge in [-0.3, -0.25) is 4.57 Å². The Kier molecular flexibility index (Phi) is 3.34. The third kappa shape index (κ3) is 2.39. The molecule has 0 spiro atoms. The monoisotopic (exact) mass is 324 g/mol. The number of nitrogens with one attached hydrogen (secondary N) is 1. The first-order chi connectivity index (χ1) is 11.1. The third-order valence-corrected chi connectivity index (χ3v) is 4.47. The molecular formula is C18H17ClN4. The van der Waals surface area contributed by atoms with Crippen LogP contribution in [0.15, 0.2) is 42.5 Å². The third-order valence-electron chi connectivity index (χ3n) is 4.24. The van der Waals surface area contributed by atoms with E-state index in [-0.39, 0.29) is 5.92 Å². The van der Waals surface area contributed by atoms with Crippen molar-refractivity contribution >= 4 is 17.3 Å². The summed E-state index contributed by atoms with van der Waals surface area (Å²) in [6.45, 7) is 5.04. The minimum Gasteiger partial charge on any atom is -0.383 e. The summed E-state index contributed by atoms with van der Waals surface area (Å²) >= 11 is 6.16. The summed E-state index contributed by atoms with van der Waals surface area (Å²) in [6, 6.07) is 14.2. The molecule has 4 nitrogen and oxygen atoms in total. The van der Waals surface area contributed by atoms with Crippen LogP contribution < -0.4 is 5.32 Å². The zero-order valence-corrected chi connectivity index (χ0v) is 13.8. The van der Waals surface area contributed by atoms with Crippen LogP contribution in [-0.2, 0) is 0 Å². The predicted molar refractivity (Wildman–Crippen MR) is 93.4 cm³/mol. The highest BCUT2D eigenvalue weighted by molar-refractivity contribution is 6.31. The van der Waals surface area contributed by atoms with E-state index >= 15 is 0 Å². The van der Waals surface area contributed by atoms with E-state index in [2.05, 4.69) is 58.2 Å². The molecule has 2 aromatic carbocycles. The van der Waals surface area contributed by atoms with Gasteiger partial charge in [-0.1, -0.05) is 48.4 Å². The number of rotatable bonds is 1. The van der Waals surface area contributed by atoms with Crippen LogP contribution in [0.5, 0.6) is 0 Å². The molecule has 2 heterocycles. The Morgan fingerprint density at radius 1 is 1.13 bits per heavy atom. The van der Waals surface area contributed by atoms with Gasteiger partial charge in [0.2, 0.25) is 0 Å². The van der Waals surface area contributed by atoms with Gasteiger partial charge in [-0.25, -0.2) is 0 Å². The fraction of sp³-hybridized carbons (Fsp3) is 0.222. The fourth-order valence-corrected chi connectivity index (χ4v) is 3.11. The van der Waals surface area contributed by atoms with E-state index in [4.69, 9.17) is 11.6 Å². The van der Waals surface area contributed by atoms with Crippen molar-refractivity contribution in [3.8, 4) is 17.1 Å². The Balaban J connectivity index is 1.97. The molecule has 0 radical (unpaired) electrons. The van der Waals surface area contributed by atoms with Crippen LogP contribution in [0.2, 0.25) is 5.02 Å². The highest BCUT2D eigenvalue weighted by atomic mass is 35.5. The summed E-state index contributed by atoms with van der Waals surface area (Å²) in [5.74, 6) is 2.08. The topological polar surface area (TPSA) is 42.7 Å². The summed E-state index contributed by atoms with van der Waals surface area (Å²) < 4.78 is 2.14. The van der Waals surface area contributed by atoms with E-state index in [9.17, 15) is 0 Å². The molecule has 1 N–H and O–H groups in total. The van der Waals surface area contributed by atoms with Crippen LogP contribution in [0.1, 0.15) is 24.2 Å². The van der Waals surface area contributed by atoms with Crippen LogP contribution in [0.3, 0.4) is 0 Å². The van der Waals surface area contributed by atoms with Crippen molar-refractivity contribution in [1.82, 2.24) is 14.8 Å². The molecule has 1 unspecified atom stereocenters. The van der Waals surface area contributed by atoms with Crippen molar-refractivity contribution in [2.24, 2.45) is 0 Å². The van der Waals surface area contributed by atoms with Crippen molar-refractivity contribution in [3.05, 3.63) is 58.9 Å². The Morgan fingerprint density at radius 3 is 2.70 bits per heavy atom. The molecule has 23 heavy (non-hydrogen) atoms. The standard InChI is InChI=1S/C18H17ClN4/c1-11-3-5-13(6-4-11)18-22-21-17-12(2)10-20-15-9-14(19)7-8-16(15)23(17)18/h3-9,12,20H,10H2,1-2H3. The van der Waals surface area contributed by atoms with Gasteiger partial charge < -0.3 is 5.32 Å². The number of benzene rings is 2. The zero-order chi connectivity index (χ0) is 16.0. The lowest BCUT2D eigenvalue weighted by Gasteiger charge is -2.12. The van der Waals surface area contributed by atoms with Gasteiger partial charge in [-0.15, -0.1) is 10.2 Å². The Bertz CT molecular complexity index is 867. The van der Waals surface area contributed by atoms with E-state index in [1.807, 2.05) is 18.2 Å². The zero-order valence-electron chi connectivity index (χ0n) is 13.0. The molecule has 116 valence electrons. The van der Waals surface area contributed by atoms with Crippen molar-refractivity contribution < 1.29 is 0 Å². The van der Waals surface area contributed by atoms with E-state index in [0.29, 0.717) is 0 Å². The van der Waals surface area contributed by atoms with Gasteiger partial charge in [-0.05, 0) is 25.1 Å². The van der Waals surface area contributed by atoms with Gasteiger partial charge in [-0.2, -0.15) is 0 Å². The van der Waals surface area contributed by atoms with Crippen LogP contribution in [-0.4, -0.2) is 21.3 Å². The molecule has 0 saturated heterocycles. The van der Waals surface area contributed by atoms with Crippen molar-refractivity contribution in [3.63, 3.8) is 0 Å². The largest absolute Gasteiger partial charge is 0.383 e. The summed E-state index contributed by atoms with van der Waals surface area (Å²) in [5.41, 5.74) is 4.33. The molecule has 1 aliphatic rings. The maximum Gasteiger partial charge on any atom is 0.168 e. The molecule has 0 fully saturated rings. The second-order valence-electron chi connectivity index (χ2n) is 6.03. The summed E-state index contributed by atoms with van der Waals surface area (Å²) in [5, 5.41) is 13.1. The Morgan fingerprint density at radius 2 is 1.91 bits per heavy atom. The maximum atomic E-state index is 6.16. The minimum absolute atomic E-state index is 0.257. The highest BCUT2D eigenvalue weighted by Gasteiger charge is 2.24. The second-order valence-corrected chi connectivity index (χ2v) is 6.46. The number of nitrogens with zero attached hydrogens (tertiary/aromatic N) is 3. The van der Waals surface area contributed by atoms with E-state index in [1.54, 1.807) is 0 Å². The molecule has 1 aromatic heterocycles. The number of hydrogen-bond acceptors (Lipinski definition) is 3. The first-order valence-corrected chi connectivity index (χ1v) is 8.07. The van der Waals surface area contributed by atoms with Gasteiger partial charge in [0.15, 0.2) is 5.82 Å². The van der Waals surface area contributed by atoms with Gasteiger partial charge in [0.25, 0.3) is 0 Å². The first-order valence-electron chi connectivity index (χ1n) is 7.69. The number of hydrogen-bond donors (Lipinski definition) is 1. The first kappa shape index (κ1) is 14.3. The van der Waals surface area contributed by atoms with Gasteiger partial charge >= 0.3 is 0 Å². The summed E-state index contributed by atoms with van der Waals surface area (Å²) in [6.07, 6.45) is 0. The van der Waals surface area contributed by atoms with Crippen molar-refractivity contribution in [2.45, 2.75) is 19.8 Å². The Hall–Kier alpha value is -2.33. The highest BCUT2D eigenvalue weighted by Crippen LogP contribution is 2.34. The van der Waals surface area contributed by atoms with Crippen LogP contribution in [0.25, 0.3) is 17.1 Å². The molecule has 1 atom stereocenters. The molecule has 5 heteroatoms. The van der Waals surface area contributed by atoms with Crippen molar-refractivity contribution in [1.29, 1.82) is 0 Å². The molecule has 3 aromatic rings. The van der Waals surface area contributed by atoms with Gasteiger partial charge in [0.1, 0.15) is 5.82 Å². The van der Waals surface area contributed by atoms with E-state index < -0.39 is 0 Å². The smallest absolute Gasteiger partial charge is 0.168 e. The molecular weight excluding hydrogens is 308 g/mol. The lowest BCUT2D eigenvalue weighted by atomic mass is 10.1. The lowest BCUT2D eigenvalue weighted by molar-refractivity contribution is 0.725. The summed E-state index contributed by atoms with van der Waals surface area (Å²) in [4.78, 5) is 0. The predicted octanol–water partition coefficient (Wildman–Crippen LogP) is 4.43. The normalized spacial score (nSPS) is 16.2. The average Bonchev–Trinajstić information content (AvgIpc) is 2.93. The molecule has 0 bridgehead atoms. The quantitative estimate of drug-likeness (QED) is 0.720. The number of anilines is 1. The summed E-state index contributed by atoms with van der Waals surface area (Å²) in [7, 11) is 0. The SMILES string of the molecule is Cc1ccc(-c2nnc3n2-c2ccc(Cl)cc2NCC3C)cc1. The number of aromatic nitrogens is 3. The fourth-order valence-electron chi connectivity index (χ4n) is 2.94. The molecule has 4 rings (SSSR count). The second kappa shape index (κ2) is 5.39. The minimum atomic E-state index is 0.257. The van der Waals surface area contributed by atoms with Crippen molar-refractivity contribution in [2.75, 3.05) is 11.9 Å². The Labute approximate surface area is 140 Å². The number of aryl methyl sites for hydroxylation is 1. The van der Waals surface area contributed by atoms with Crippen LogP contribution in [0.4, 0.5) is 5.69 Å². The maximum absolute atomic E-state index is 6.16. The van der Waals surface area contributed by atoms with Gasteiger partial charge in [0.05, 0.1) is 11.4 Å². The van der Waals surface area contributed by atoms with Crippen LogP contribution >= 0.6 is 11.6 Å². The van der Waals surface area contributed by atoms with E-state index in [0.717, 1.165) is 40.2 Å². The lowest BCUT2D eigenvalue weighted by Crippen LogP contribution is -2.09. The molecule has 0 saturated carbocycles. The van der Waals surface area contributed by atoms with Gasteiger partial charge in [0, 0.05) is 23.0 Å². The number of halogens is 1. The molecule has 1 aliphatic heterocycles. The average molecular weight is 325 g/mol. The molecule has 0 aliphatic carbocycles. The van der Waals surface area contributed by atoms with E-state index in [1.165, 1.54) is 5.56 Å². The molecule has 0 amide bonds. The van der Waals surface area contributed by atoms with Crippen LogP contribution in [0, 0.1) is 6.92 Å².